The Labute approximate surface area is 229 Å². The number of nitrogens with zero attached hydrogens (tertiary/aromatic N) is 1. The molecule has 10 nitrogen and oxygen atoms in total. The van der Waals surface area contributed by atoms with Gasteiger partial charge in [0, 0.05) is 32.2 Å². The van der Waals surface area contributed by atoms with Crippen molar-refractivity contribution >= 4 is 17.6 Å². The number of rotatable bonds is 14. The van der Waals surface area contributed by atoms with Crippen LogP contribution in [0.25, 0.3) is 11.1 Å². The first-order valence-corrected chi connectivity index (χ1v) is 13.1. The summed E-state index contributed by atoms with van der Waals surface area (Å²) < 4.78 is 22.3. The summed E-state index contributed by atoms with van der Waals surface area (Å²) in [6, 6.07) is 10.1. The van der Waals surface area contributed by atoms with Gasteiger partial charge in [0.15, 0.2) is 0 Å². The molecule has 1 fully saturated rings. The third-order valence-corrected chi connectivity index (χ3v) is 6.50. The number of oxime groups is 1. The molecule has 1 aliphatic heterocycles. The van der Waals surface area contributed by atoms with Crippen LogP contribution in [-0.4, -0.2) is 69.9 Å². The minimum absolute atomic E-state index is 0.0946. The number of hydrogen-bond donors (Lipinski definition) is 2. The molecule has 1 heterocycles. The maximum absolute atomic E-state index is 13.0. The standard InChI is InChI=1S/C29H38N2O8/c1-5-12-39-18-20-16-24(35-2)26(25(17-20)36-3)21-8-6-19(7-9-21)15-23(29(33)34)30-28(32)27(31-37-4)22-10-13-38-14-11-22/h6-9,16-17,22-23H,5,10-15,18H2,1-4H3,(H,30,32)(H,33,34)/t23-/m0/s1. The van der Waals surface area contributed by atoms with Crippen molar-refractivity contribution in [2.45, 2.75) is 45.3 Å². The zero-order chi connectivity index (χ0) is 28.2. The summed E-state index contributed by atoms with van der Waals surface area (Å²) in [4.78, 5) is 29.9. The fourth-order valence-corrected chi connectivity index (χ4v) is 4.51. The van der Waals surface area contributed by atoms with Gasteiger partial charge in [0.25, 0.3) is 5.91 Å². The number of hydrogen-bond acceptors (Lipinski definition) is 8. The molecule has 1 atom stereocenters. The van der Waals surface area contributed by atoms with Gasteiger partial charge in [-0.2, -0.15) is 0 Å². The second kappa shape index (κ2) is 15.1. The molecule has 3 rings (SSSR count). The molecule has 2 aromatic rings. The number of amides is 1. The highest BCUT2D eigenvalue weighted by Crippen LogP contribution is 2.40. The molecule has 1 aliphatic rings. The van der Waals surface area contributed by atoms with Crippen molar-refractivity contribution in [3.63, 3.8) is 0 Å². The average molecular weight is 543 g/mol. The largest absolute Gasteiger partial charge is 0.496 e. The van der Waals surface area contributed by atoms with E-state index in [-0.39, 0.29) is 18.1 Å². The Bertz CT molecular complexity index is 1100. The van der Waals surface area contributed by atoms with E-state index >= 15 is 0 Å². The van der Waals surface area contributed by atoms with E-state index in [1.54, 1.807) is 14.2 Å². The molecule has 0 unspecified atom stereocenters. The Hall–Kier alpha value is -3.63. The van der Waals surface area contributed by atoms with Gasteiger partial charge < -0.3 is 34.2 Å². The number of carboxylic acid groups (broad SMARTS) is 1. The van der Waals surface area contributed by atoms with Gasteiger partial charge in [-0.25, -0.2) is 4.79 Å². The summed E-state index contributed by atoms with van der Waals surface area (Å²) in [5.74, 6) is -0.551. The van der Waals surface area contributed by atoms with E-state index in [1.165, 1.54) is 7.11 Å². The summed E-state index contributed by atoms with van der Waals surface area (Å²) in [5.41, 5.74) is 3.49. The monoisotopic (exact) mass is 542 g/mol. The van der Waals surface area contributed by atoms with Crippen LogP contribution in [0.1, 0.15) is 37.3 Å². The third kappa shape index (κ3) is 8.18. The summed E-state index contributed by atoms with van der Waals surface area (Å²) >= 11 is 0. The number of carbonyl (C=O) groups is 2. The predicted molar refractivity (Wildman–Crippen MR) is 146 cm³/mol. The zero-order valence-electron chi connectivity index (χ0n) is 23.0. The zero-order valence-corrected chi connectivity index (χ0v) is 23.0. The van der Waals surface area contributed by atoms with Gasteiger partial charge in [0.1, 0.15) is 30.4 Å². The van der Waals surface area contributed by atoms with E-state index in [1.807, 2.05) is 36.4 Å². The molecule has 1 amide bonds. The van der Waals surface area contributed by atoms with Crippen LogP contribution in [0.4, 0.5) is 0 Å². The van der Waals surface area contributed by atoms with E-state index in [2.05, 4.69) is 17.4 Å². The first-order chi connectivity index (χ1) is 18.9. The summed E-state index contributed by atoms with van der Waals surface area (Å²) in [7, 11) is 4.57. The Balaban J connectivity index is 1.77. The molecular weight excluding hydrogens is 504 g/mol. The Morgan fingerprint density at radius 2 is 1.69 bits per heavy atom. The summed E-state index contributed by atoms with van der Waals surface area (Å²) in [6.07, 6.45) is 2.27. The minimum Gasteiger partial charge on any atom is -0.496 e. The molecule has 0 aliphatic carbocycles. The second-order valence-corrected chi connectivity index (χ2v) is 9.24. The summed E-state index contributed by atoms with van der Waals surface area (Å²) in [6.45, 7) is 4.20. The first-order valence-electron chi connectivity index (χ1n) is 13.1. The van der Waals surface area contributed by atoms with Crippen LogP contribution in [0, 0.1) is 5.92 Å². The number of ether oxygens (including phenoxy) is 4. The maximum Gasteiger partial charge on any atom is 0.326 e. The van der Waals surface area contributed by atoms with Crippen molar-refractivity contribution < 1.29 is 38.5 Å². The second-order valence-electron chi connectivity index (χ2n) is 9.24. The molecular formula is C29H38N2O8. The van der Waals surface area contributed by atoms with Crippen molar-refractivity contribution in [1.29, 1.82) is 0 Å². The lowest BCUT2D eigenvalue weighted by molar-refractivity contribution is -0.141. The van der Waals surface area contributed by atoms with Crippen LogP contribution in [0.2, 0.25) is 0 Å². The maximum atomic E-state index is 13.0. The Kier molecular flexibility index (Phi) is 11.6. The molecule has 0 spiro atoms. The number of carbonyl (C=O) groups excluding carboxylic acids is 1. The van der Waals surface area contributed by atoms with Gasteiger partial charge in [-0.05, 0) is 48.1 Å². The van der Waals surface area contributed by atoms with Crippen LogP contribution in [0.3, 0.4) is 0 Å². The van der Waals surface area contributed by atoms with E-state index < -0.39 is 17.9 Å². The highest BCUT2D eigenvalue weighted by atomic mass is 16.6. The highest BCUT2D eigenvalue weighted by Gasteiger charge is 2.30. The molecule has 212 valence electrons. The molecule has 2 aromatic carbocycles. The minimum atomic E-state index is -1.14. The molecule has 39 heavy (non-hydrogen) atoms. The fraction of sp³-hybridized carbons (Fsp3) is 0.483. The SMILES string of the molecule is CCCOCc1cc(OC)c(-c2ccc(C[C@H](NC(=O)C(=NOC)C3CCOCC3)C(=O)O)cc2)c(OC)c1. The van der Waals surface area contributed by atoms with Gasteiger partial charge >= 0.3 is 5.97 Å². The Morgan fingerprint density at radius 3 is 2.23 bits per heavy atom. The molecule has 0 saturated carbocycles. The van der Waals surface area contributed by atoms with Crippen molar-refractivity contribution in [3.8, 4) is 22.6 Å². The number of methoxy groups -OCH3 is 2. The topological polar surface area (TPSA) is 125 Å². The van der Waals surface area contributed by atoms with Crippen LogP contribution in [-0.2, 0) is 36.9 Å². The normalized spacial score (nSPS) is 14.9. The number of nitrogens with one attached hydrogen (secondary N) is 1. The average Bonchev–Trinajstić information content (AvgIpc) is 2.96. The van der Waals surface area contributed by atoms with Gasteiger partial charge in [-0.3, -0.25) is 4.79 Å². The van der Waals surface area contributed by atoms with Crippen LogP contribution >= 0.6 is 0 Å². The lowest BCUT2D eigenvalue weighted by atomic mass is 9.93. The van der Waals surface area contributed by atoms with Gasteiger partial charge in [0.05, 0.1) is 26.4 Å². The van der Waals surface area contributed by atoms with Crippen LogP contribution in [0.5, 0.6) is 11.5 Å². The van der Waals surface area contributed by atoms with Crippen LogP contribution < -0.4 is 14.8 Å². The van der Waals surface area contributed by atoms with Gasteiger partial charge in [-0.15, -0.1) is 0 Å². The predicted octanol–water partition coefficient (Wildman–Crippen LogP) is 3.84. The quantitative estimate of drug-likeness (QED) is 0.210. The van der Waals surface area contributed by atoms with Crippen molar-refractivity contribution in [3.05, 3.63) is 47.5 Å². The molecule has 0 bridgehead atoms. The van der Waals surface area contributed by atoms with E-state index in [4.69, 9.17) is 23.8 Å². The van der Waals surface area contributed by atoms with Crippen LogP contribution in [0.15, 0.2) is 41.6 Å². The van der Waals surface area contributed by atoms with Gasteiger partial charge in [-0.1, -0.05) is 36.3 Å². The van der Waals surface area contributed by atoms with E-state index in [9.17, 15) is 14.7 Å². The molecule has 0 aromatic heterocycles. The molecule has 1 saturated heterocycles. The highest BCUT2D eigenvalue weighted by molar-refractivity contribution is 6.39. The lowest BCUT2D eigenvalue weighted by Gasteiger charge is -2.23. The summed E-state index contributed by atoms with van der Waals surface area (Å²) in [5, 5.41) is 16.3. The lowest BCUT2D eigenvalue weighted by Crippen LogP contribution is -2.47. The number of aliphatic carboxylic acids is 1. The molecule has 0 radical (unpaired) electrons. The smallest absolute Gasteiger partial charge is 0.326 e. The molecule has 10 heteroatoms. The number of carboxylic acids is 1. The van der Waals surface area contributed by atoms with E-state index in [0.29, 0.717) is 50.8 Å². The number of benzene rings is 2. The van der Waals surface area contributed by atoms with Crippen molar-refractivity contribution in [2.24, 2.45) is 11.1 Å². The van der Waals surface area contributed by atoms with Gasteiger partial charge in [0.2, 0.25) is 0 Å². The van der Waals surface area contributed by atoms with Crippen molar-refractivity contribution in [2.75, 3.05) is 41.2 Å². The van der Waals surface area contributed by atoms with E-state index in [0.717, 1.165) is 28.7 Å². The first kappa shape index (κ1) is 29.9. The third-order valence-electron chi connectivity index (χ3n) is 6.50. The Morgan fingerprint density at radius 1 is 1.05 bits per heavy atom. The van der Waals surface area contributed by atoms with Crippen molar-refractivity contribution in [1.82, 2.24) is 5.32 Å². The molecule has 2 N–H and O–H groups in total. The fourth-order valence-electron chi connectivity index (χ4n) is 4.51.